The molecule has 0 saturated carbocycles. The van der Waals surface area contributed by atoms with Crippen LogP contribution in [0.25, 0.3) is 0 Å². The first-order valence-corrected chi connectivity index (χ1v) is 14.3. The molecular formula is C32H39O6P. The molecule has 0 fully saturated rings. The summed E-state index contributed by atoms with van der Waals surface area (Å²) >= 11 is 0. The fourth-order valence-electron chi connectivity index (χ4n) is 4.98. The SMILES string of the molecule is COc1cccc(OC)c1C(=O)P(C(=O)c1c(OC)cccc1OC)c1ccc(CC(C)CC(C)(C)C)cc1. The second-order valence-electron chi connectivity index (χ2n) is 10.8. The zero-order valence-corrected chi connectivity index (χ0v) is 25.1. The molecule has 1 atom stereocenters. The second-order valence-corrected chi connectivity index (χ2v) is 12.8. The Labute approximate surface area is 233 Å². The van der Waals surface area contributed by atoms with Gasteiger partial charge < -0.3 is 18.9 Å². The minimum Gasteiger partial charge on any atom is -0.496 e. The third kappa shape index (κ3) is 7.19. The Balaban J connectivity index is 2.13. The van der Waals surface area contributed by atoms with Gasteiger partial charge in [0.05, 0.1) is 36.4 Å². The lowest BCUT2D eigenvalue weighted by atomic mass is 9.83. The summed E-state index contributed by atoms with van der Waals surface area (Å²) in [6.45, 7) is 8.99. The zero-order valence-electron chi connectivity index (χ0n) is 24.2. The molecule has 7 heteroatoms. The van der Waals surface area contributed by atoms with Crippen LogP contribution in [0.15, 0.2) is 60.7 Å². The van der Waals surface area contributed by atoms with Crippen molar-refractivity contribution in [3.8, 4) is 23.0 Å². The average molecular weight is 551 g/mol. The van der Waals surface area contributed by atoms with Crippen LogP contribution in [0.3, 0.4) is 0 Å². The molecule has 0 N–H and O–H groups in total. The Kier molecular flexibility index (Phi) is 10.2. The van der Waals surface area contributed by atoms with E-state index in [4.69, 9.17) is 18.9 Å². The molecule has 1 unspecified atom stereocenters. The van der Waals surface area contributed by atoms with Gasteiger partial charge in [-0.25, -0.2) is 0 Å². The lowest BCUT2D eigenvalue weighted by Gasteiger charge is -2.23. The lowest BCUT2D eigenvalue weighted by molar-refractivity contribution is 0.104. The monoisotopic (exact) mass is 550 g/mol. The van der Waals surface area contributed by atoms with Gasteiger partial charge in [0.2, 0.25) is 11.0 Å². The van der Waals surface area contributed by atoms with Crippen molar-refractivity contribution in [1.82, 2.24) is 0 Å². The maximum Gasteiger partial charge on any atom is 0.204 e. The summed E-state index contributed by atoms with van der Waals surface area (Å²) in [5, 5.41) is 0.633. The first-order chi connectivity index (χ1) is 18.5. The maximum atomic E-state index is 14.3. The quantitative estimate of drug-likeness (QED) is 0.224. The van der Waals surface area contributed by atoms with Gasteiger partial charge in [-0.05, 0) is 59.3 Å². The number of rotatable bonds is 12. The third-order valence-corrected chi connectivity index (χ3v) is 8.50. The molecule has 0 aliphatic heterocycles. The third-order valence-electron chi connectivity index (χ3n) is 6.43. The predicted molar refractivity (Wildman–Crippen MR) is 158 cm³/mol. The molecular weight excluding hydrogens is 511 g/mol. The highest BCUT2D eigenvalue weighted by Crippen LogP contribution is 2.49. The van der Waals surface area contributed by atoms with Crippen LogP contribution in [0.5, 0.6) is 23.0 Å². The number of hydrogen-bond donors (Lipinski definition) is 0. The van der Waals surface area contributed by atoms with Gasteiger partial charge >= 0.3 is 0 Å². The summed E-state index contributed by atoms with van der Waals surface area (Å²) < 4.78 is 22.1. The first kappa shape index (κ1) is 30.2. The molecule has 0 heterocycles. The van der Waals surface area contributed by atoms with Crippen molar-refractivity contribution in [3.05, 3.63) is 77.4 Å². The summed E-state index contributed by atoms with van der Waals surface area (Å²) in [6.07, 6.45) is 2.01. The van der Waals surface area contributed by atoms with Crippen LogP contribution in [0, 0.1) is 11.3 Å². The molecule has 3 aromatic carbocycles. The van der Waals surface area contributed by atoms with E-state index >= 15 is 0 Å². The standard InChI is InChI=1S/C32H39O6P/c1-21(20-32(2,3)4)19-22-15-17-23(18-16-22)39(30(33)28-24(35-5)11-9-12-25(28)36-6)31(34)29-26(37-7)13-10-14-27(29)38-8/h9-18,21H,19-20H2,1-8H3. The molecule has 3 aromatic rings. The van der Waals surface area contributed by atoms with Crippen LogP contribution in [0.4, 0.5) is 0 Å². The van der Waals surface area contributed by atoms with Gasteiger partial charge in [0.15, 0.2) is 0 Å². The van der Waals surface area contributed by atoms with Crippen LogP contribution in [0.1, 0.15) is 60.4 Å². The van der Waals surface area contributed by atoms with E-state index in [1.54, 1.807) is 36.4 Å². The molecule has 0 saturated heterocycles. The topological polar surface area (TPSA) is 71.1 Å². The molecule has 0 spiro atoms. The molecule has 0 bridgehead atoms. The molecule has 0 amide bonds. The van der Waals surface area contributed by atoms with Gasteiger partial charge in [0.1, 0.15) is 34.1 Å². The van der Waals surface area contributed by atoms with Crippen LogP contribution >= 0.6 is 7.92 Å². The minimum atomic E-state index is -2.07. The van der Waals surface area contributed by atoms with Gasteiger partial charge in [0.25, 0.3) is 0 Å². The van der Waals surface area contributed by atoms with E-state index in [-0.39, 0.29) is 27.6 Å². The summed E-state index contributed by atoms with van der Waals surface area (Å²) in [7, 11) is 3.90. The van der Waals surface area contributed by atoms with Gasteiger partial charge in [-0.3, -0.25) is 9.59 Å². The van der Waals surface area contributed by atoms with E-state index in [2.05, 4.69) is 27.7 Å². The summed E-state index contributed by atoms with van der Waals surface area (Å²) in [5.74, 6) is 1.88. The van der Waals surface area contributed by atoms with E-state index in [0.717, 1.165) is 18.4 Å². The summed E-state index contributed by atoms with van der Waals surface area (Å²) in [4.78, 5) is 28.6. The molecule has 0 aromatic heterocycles. The smallest absolute Gasteiger partial charge is 0.204 e. The van der Waals surface area contributed by atoms with Crippen molar-refractivity contribution in [1.29, 1.82) is 0 Å². The van der Waals surface area contributed by atoms with Crippen molar-refractivity contribution in [2.24, 2.45) is 11.3 Å². The number of carbonyl (C=O) groups is 2. The molecule has 3 rings (SSSR count). The highest BCUT2D eigenvalue weighted by atomic mass is 31.1. The number of benzene rings is 3. The molecule has 208 valence electrons. The first-order valence-electron chi connectivity index (χ1n) is 12.9. The molecule has 0 aliphatic carbocycles. The van der Waals surface area contributed by atoms with Crippen LogP contribution in [0.2, 0.25) is 0 Å². The fourth-order valence-corrected chi connectivity index (χ4v) is 6.96. The van der Waals surface area contributed by atoms with Crippen molar-refractivity contribution in [3.63, 3.8) is 0 Å². The Hall–Kier alpha value is -3.37. The van der Waals surface area contributed by atoms with Crippen LogP contribution in [-0.4, -0.2) is 39.5 Å². The molecule has 0 radical (unpaired) electrons. The van der Waals surface area contributed by atoms with Crippen molar-refractivity contribution < 1.29 is 28.5 Å². The van der Waals surface area contributed by atoms with E-state index in [1.165, 1.54) is 28.4 Å². The van der Waals surface area contributed by atoms with Gasteiger partial charge in [-0.15, -0.1) is 0 Å². The zero-order chi connectivity index (χ0) is 28.7. The highest BCUT2D eigenvalue weighted by Gasteiger charge is 2.36. The van der Waals surface area contributed by atoms with E-state index in [0.29, 0.717) is 34.2 Å². The van der Waals surface area contributed by atoms with Crippen molar-refractivity contribution in [2.75, 3.05) is 28.4 Å². The Morgan fingerprint density at radius 2 is 1.08 bits per heavy atom. The van der Waals surface area contributed by atoms with Crippen molar-refractivity contribution in [2.45, 2.75) is 40.5 Å². The number of methoxy groups -OCH3 is 4. The summed E-state index contributed by atoms with van der Waals surface area (Å²) in [6, 6.07) is 18.1. The molecule has 39 heavy (non-hydrogen) atoms. The van der Waals surface area contributed by atoms with E-state index < -0.39 is 7.92 Å². The molecule has 6 nitrogen and oxygen atoms in total. The second kappa shape index (κ2) is 13.1. The lowest BCUT2D eigenvalue weighted by Crippen LogP contribution is -2.19. The van der Waals surface area contributed by atoms with Crippen LogP contribution in [-0.2, 0) is 6.42 Å². The number of carbonyl (C=O) groups excluding carboxylic acids is 2. The highest BCUT2D eigenvalue weighted by molar-refractivity contribution is 7.96. The minimum absolute atomic E-state index is 0.235. The Bertz CT molecular complexity index is 1180. The normalized spacial score (nSPS) is 12.1. The van der Waals surface area contributed by atoms with Crippen molar-refractivity contribution >= 4 is 24.3 Å². The van der Waals surface area contributed by atoms with E-state index in [9.17, 15) is 9.59 Å². The predicted octanol–water partition coefficient (Wildman–Crippen LogP) is 7.12. The Morgan fingerprint density at radius 1 is 0.692 bits per heavy atom. The van der Waals surface area contributed by atoms with E-state index in [1.807, 2.05) is 24.3 Å². The van der Waals surface area contributed by atoms with Gasteiger partial charge in [0, 0.05) is 0 Å². The van der Waals surface area contributed by atoms with Gasteiger partial charge in [-0.2, -0.15) is 0 Å². The number of ether oxygens (including phenoxy) is 4. The van der Waals surface area contributed by atoms with Gasteiger partial charge in [-0.1, -0.05) is 64.1 Å². The number of hydrogen-bond acceptors (Lipinski definition) is 6. The molecule has 0 aliphatic rings. The largest absolute Gasteiger partial charge is 0.496 e. The average Bonchev–Trinajstić information content (AvgIpc) is 2.91. The Morgan fingerprint density at radius 3 is 1.41 bits per heavy atom. The summed E-state index contributed by atoms with van der Waals surface area (Å²) in [5.41, 5.74) is 1.14. The maximum absolute atomic E-state index is 14.3. The fraction of sp³-hybridized carbons (Fsp3) is 0.375. The van der Waals surface area contributed by atoms with Crippen LogP contribution < -0.4 is 24.3 Å².